The minimum absolute atomic E-state index is 0.212. The summed E-state index contributed by atoms with van der Waals surface area (Å²) < 4.78 is 5.09. The van der Waals surface area contributed by atoms with Crippen molar-refractivity contribution in [3.63, 3.8) is 0 Å². The van der Waals surface area contributed by atoms with Crippen molar-refractivity contribution in [2.75, 3.05) is 19.0 Å². The summed E-state index contributed by atoms with van der Waals surface area (Å²) in [6, 6.07) is 17.0. The molecule has 0 bridgehead atoms. The summed E-state index contributed by atoms with van der Waals surface area (Å²) in [5, 5.41) is 2.74. The van der Waals surface area contributed by atoms with Gasteiger partial charge in [0.1, 0.15) is 12.3 Å². The van der Waals surface area contributed by atoms with E-state index in [9.17, 15) is 14.4 Å². The lowest BCUT2D eigenvalue weighted by atomic mass is 9.73. The summed E-state index contributed by atoms with van der Waals surface area (Å²) >= 11 is 0. The van der Waals surface area contributed by atoms with Gasteiger partial charge in [-0.2, -0.15) is 0 Å². The number of ether oxygens (including phenoxy) is 1. The Kier molecular flexibility index (Phi) is 5.34. The van der Waals surface area contributed by atoms with E-state index in [1.807, 2.05) is 18.2 Å². The summed E-state index contributed by atoms with van der Waals surface area (Å²) in [6.07, 6.45) is 2.23. The van der Waals surface area contributed by atoms with E-state index < -0.39 is 0 Å². The molecule has 0 aromatic heterocycles. The molecule has 1 aliphatic heterocycles. The number of anilines is 1. The highest BCUT2D eigenvalue weighted by atomic mass is 16.5. The minimum Gasteiger partial charge on any atom is -0.497 e. The Morgan fingerprint density at radius 2 is 1.69 bits per heavy atom. The molecule has 2 aromatic carbocycles. The number of nitrogens with one attached hydrogen (secondary N) is 1. The predicted octanol–water partition coefficient (Wildman–Crippen LogP) is 3.20. The highest BCUT2D eigenvalue weighted by molar-refractivity contribution is 6.08. The molecule has 0 radical (unpaired) electrons. The van der Waals surface area contributed by atoms with Crippen molar-refractivity contribution in [3.8, 4) is 5.75 Å². The van der Waals surface area contributed by atoms with Gasteiger partial charge >= 0.3 is 0 Å². The molecular weight excluding hydrogens is 368 g/mol. The van der Waals surface area contributed by atoms with E-state index in [1.54, 1.807) is 31.4 Å². The molecule has 1 N–H and O–H groups in total. The second-order valence-electron chi connectivity index (χ2n) is 7.67. The number of carbonyl (C=O) groups is 3. The molecule has 0 unspecified atom stereocenters. The molecule has 6 nitrogen and oxygen atoms in total. The fourth-order valence-corrected chi connectivity index (χ4v) is 4.45. The SMILES string of the molecule is COc1ccc(NC(=O)CN2C(=O)[C@H]3C[C@@H](c4ccccc4)CC[C@H]3C2=O)cc1. The van der Waals surface area contributed by atoms with E-state index in [2.05, 4.69) is 17.4 Å². The predicted molar refractivity (Wildman–Crippen MR) is 108 cm³/mol. The number of methoxy groups -OCH3 is 1. The standard InChI is InChI=1S/C23H24N2O4/c1-29-18-10-8-17(9-11-18)24-21(26)14-25-22(27)19-12-7-16(13-20(19)23(25)28)15-5-3-2-4-6-15/h2-6,8-11,16,19-20H,7,12-14H2,1H3,(H,24,26)/t16-,19+,20-/m0/s1. The summed E-state index contributed by atoms with van der Waals surface area (Å²) in [6.45, 7) is -0.243. The molecule has 1 saturated heterocycles. The number of nitrogens with zero attached hydrogens (tertiary/aromatic N) is 1. The van der Waals surface area contributed by atoms with Crippen LogP contribution in [-0.2, 0) is 14.4 Å². The van der Waals surface area contributed by atoms with E-state index in [1.165, 1.54) is 5.56 Å². The topological polar surface area (TPSA) is 75.7 Å². The van der Waals surface area contributed by atoms with Crippen molar-refractivity contribution in [2.24, 2.45) is 11.8 Å². The monoisotopic (exact) mass is 392 g/mol. The molecule has 4 rings (SSSR count). The van der Waals surface area contributed by atoms with Crippen LogP contribution in [0.4, 0.5) is 5.69 Å². The van der Waals surface area contributed by atoms with E-state index in [0.717, 1.165) is 11.3 Å². The second-order valence-corrected chi connectivity index (χ2v) is 7.67. The average Bonchev–Trinajstić information content (AvgIpc) is 2.99. The molecule has 2 aliphatic rings. The normalized spacial score (nSPS) is 23.6. The van der Waals surface area contributed by atoms with Crippen LogP contribution in [0, 0.1) is 11.8 Å². The Balaban J connectivity index is 1.41. The van der Waals surface area contributed by atoms with Crippen LogP contribution < -0.4 is 10.1 Å². The minimum atomic E-state index is -0.380. The van der Waals surface area contributed by atoms with Gasteiger partial charge in [-0.1, -0.05) is 30.3 Å². The van der Waals surface area contributed by atoms with E-state index in [4.69, 9.17) is 4.74 Å². The summed E-state index contributed by atoms with van der Waals surface area (Å²) in [7, 11) is 1.57. The maximum atomic E-state index is 12.9. The van der Waals surface area contributed by atoms with Crippen LogP contribution in [0.15, 0.2) is 54.6 Å². The lowest BCUT2D eigenvalue weighted by Crippen LogP contribution is -2.38. The Labute approximate surface area is 169 Å². The quantitative estimate of drug-likeness (QED) is 0.793. The molecular formula is C23H24N2O4. The second kappa shape index (κ2) is 8.07. The lowest BCUT2D eigenvalue weighted by Gasteiger charge is -2.28. The first-order chi connectivity index (χ1) is 14.1. The molecule has 3 atom stereocenters. The molecule has 2 fully saturated rings. The molecule has 150 valence electrons. The molecule has 0 spiro atoms. The largest absolute Gasteiger partial charge is 0.497 e. The van der Waals surface area contributed by atoms with Gasteiger partial charge in [0.25, 0.3) is 0 Å². The van der Waals surface area contributed by atoms with Crippen LogP contribution in [-0.4, -0.2) is 36.3 Å². The fourth-order valence-electron chi connectivity index (χ4n) is 4.45. The number of likely N-dealkylation sites (tertiary alicyclic amines) is 1. The van der Waals surface area contributed by atoms with Crippen molar-refractivity contribution >= 4 is 23.4 Å². The first kappa shape index (κ1) is 19.2. The number of benzene rings is 2. The number of carbonyl (C=O) groups excluding carboxylic acids is 3. The maximum absolute atomic E-state index is 12.9. The van der Waals surface area contributed by atoms with Gasteiger partial charge in [0.15, 0.2) is 0 Å². The van der Waals surface area contributed by atoms with Crippen molar-refractivity contribution in [2.45, 2.75) is 25.2 Å². The average molecular weight is 392 g/mol. The van der Waals surface area contributed by atoms with Gasteiger partial charge in [0.2, 0.25) is 17.7 Å². The summed E-state index contributed by atoms with van der Waals surface area (Å²) in [4.78, 5) is 39.2. The number of rotatable bonds is 5. The fraction of sp³-hybridized carbons (Fsp3) is 0.348. The molecule has 6 heteroatoms. The number of hydrogen-bond acceptors (Lipinski definition) is 4. The van der Waals surface area contributed by atoms with Crippen LogP contribution in [0.3, 0.4) is 0 Å². The molecule has 1 heterocycles. The zero-order valence-corrected chi connectivity index (χ0v) is 16.3. The summed E-state index contributed by atoms with van der Waals surface area (Å²) in [5.74, 6) is -0.462. The van der Waals surface area contributed by atoms with Crippen LogP contribution in [0.25, 0.3) is 0 Å². The Hall–Kier alpha value is -3.15. The van der Waals surface area contributed by atoms with Crippen LogP contribution in [0.2, 0.25) is 0 Å². The van der Waals surface area contributed by atoms with Gasteiger partial charge < -0.3 is 10.1 Å². The molecule has 1 aliphatic carbocycles. The molecule has 29 heavy (non-hydrogen) atoms. The van der Waals surface area contributed by atoms with Crippen molar-refractivity contribution in [3.05, 3.63) is 60.2 Å². The molecule has 1 saturated carbocycles. The molecule has 2 aromatic rings. The third-order valence-electron chi connectivity index (χ3n) is 5.96. The van der Waals surface area contributed by atoms with Crippen molar-refractivity contribution in [1.29, 1.82) is 0 Å². The number of hydrogen-bond donors (Lipinski definition) is 1. The lowest BCUT2D eigenvalue weighted by molar-refractivity contribution is -0.142. The van der Waals surface area contributed by atoms with Gasteiger partial charge in [0, 0.05) is 5.69 Å². The van der Waals surface area contributed by atoms with Crippen molar-refractivity contribution < 1.29 is 19.1 Å². The van der Waals surface area contributed by atoms with Gasteiger partial charge in [-0.15, -0.1) is 0 Å². The first-order valence-electron chi connectivity index (χ1n) is 9.91. The Bertz CT molecular complexity index is 910. The highest BCUT2D eigenvalue weighted by Gasteiger charge is 2.50. The third kappa shape index (κ3) is 3.88. The zero-order valence-electron chi connectivity index (χ0n) is 16.3. The van der Waals surface area contributed by atoms with Gasteiger partial charge in [0.05, 0.1) is 18.9 Å². The van der Waals surface area contributed by atoms with Crippen molar-refractivity contribution in [1.82, 2.24) is 4.90 Å². The van der Waals surface area contributed by atoms with Gasteiger partial charge in [-0.05, 0) is 55.0 Å². The van der Waals surface area contributed by atoms with E-state index in [0.29, 0.717) is 24.3 Å². The maximum Gasteiger partial charge on any atom is 0.244 e. The van der Waals surface area contributed by atoms with Crippen LogP contribution in [0.5, 0.6) is 5.75 Å². The highest BCUT2D eigenvalue weighted by Crippen LogP contribution is 2.44. The zero-order chi connectivity index (χ0) is 20.4. The van der Waals surface area contributed by atoms with Crippen LogP contribution >= 0.6 is 0 Å². The van der Waals surface area contributed by atoms with E-state index in [-0.39, 0.29) is 42.0 Å². The molecule has 3 amide bonds. The van der Waals surface area contributed by atoms with Crippen LogP contribution in [0.1, 0.15) is 30.7 Å². The number of imide groups is 1. The third-order valence-corrected chi connectivity index (χ3v) is 5.96. The van der Waals surface area contributed by atoms with Gasteiger partial charge in [-0.3, -0.25) is 19.3 Å². The smallest absolute Gasteiger partial charge is 0.244 e. The first-order valence-corrected chi connectivity index (χ1v) is 9.91. The Morgan fingerprint density at radius 3 is 2.38 bits per heavy atom. The Morgan fingerprint density at radius 1 is 1.00 bits per heavy atom. The number of amides is 3. The number of fused-ring (bicyclic) bond motifs is 1. The van der Waals surface area contributed by atoms with Gasteiger partial charge in [-0.25, -0.2) is 0 Å². The summed E-state index contributed by atoms with van der Waals surface area (Å²) in [5.41, 5.74) is 1.80. The van der Waals surface area contributed by atoms with E-state index >= 15 is 0 Å².